The van der Waals surface area contributed by atoms with Crippen molar-refractivity contribution >= 4 is 39.6 Å². The molecule has 2 unspecified atom stereocenters. The number of hydrogen-bond acceptors (Lipinski definition) is 3. The maximum atomic E-state index is 12.8. The summed E-state index contributed by atoms with van der Waals surface area (Å²) in [5.41, 5.74) is 0.552. The minimum absolute atomic E-state index is 0.0673. The summed E-state index contributed by atoms with van der Waals surface area (Å²) in [4.78, 5) is 25.8. The number of carboxylic acid groups (broad SMARTS) is 1. The molecule has 1 fully saturated rings. The topological polar surface area (TPSA) is 62.5 Å². The van der Waals surface area contributed by atoms with Crippen LogP contribution in [0.4, 0.5) is 0 Å². The highest BCUT2D eigenvalue weighted by Gasteiger charge is 2.41. The number of carboxylic acids is 1. The van der Waals surface area contributed by atoms with Crippen molar-refractivity contribution in [3.8, 4) is 0 Å². The Morgan fingerprint density at radius 2 is 2.19 bits per heavy atom. The average molecular weight is 375 g/mol. The Labute approximate surface area is 136 Å². The van der Waals surface area contributed by atoms with Gasteiger partial charge >= 0.3 is 5.97 Å². The minimum atomic E-state index is -0.931. The molecular formula is C14H19BrN2O3S. The third-order valence-electron chi connectivity index (χ3n) is 3.51. The second-order valence-corrected chi connectivity index (χ2v) is 7.13. The predicted octanol–water partition coefficient (Wildman–Crippen LogP) is 3.04. The molecule has 1 amide bonds. The molecule has 2 atom stereocenters. The number of hydrogen-bond donors (Lipinski definition) is 1. The van der Waals surface area contributed by atoms with Crippen LogP contribution in [0, 0.1) is 0 Å². The summed E-state index contributed by atoms with van der Waals surface area (Å²) in [7, 11) is 0. The molecule has 1 aliphatic heterocycles. The molecule has 0 radical (unpaired) electrons. The maximum Gasteiger partial charge on any atom is 0.327 e. The molecule has 0 bridgehead atoms. The van der Waals surface area contributed by atoms with Gasteiger partial charge < -0.3 is 14.6 Å². The van der Waals surface area contributed by atoms with Crippen molar-refractivity contribution in [2.45, 2.75) is 44.6 Å². The van der Waals surface area contributed by atoms with Gasteiger partial charge in [0.2, 0.25) is 0 Å². The number of aliphatic carboxylic acids is 1. The molecule has 1 aromatic rings. The lowest BCUT2D eigenvalue weighted by molar-refractivity contribution is -0.141. The van der Waals surface area contributed by atoms with Crippen molar-refractivity contribution in [2.75, 3.05) is 5.75 Å². The fraction of sp³-hybridized carbons (Fsp3) is 0.571. The number of thioether (sulfide) groups is 1. The Balaban J connectivity index is 2.34. The summed E-state index contributed by atoms with van der Waals surface area (Å²) < 4.78 is 2.73. The molecule has 0 saturated carbocycles. The summed E-state index contributed by atoms with van der Waals surface area (Å²) in [5.74, 6) is -0.673. The van der Waals surface area contributed by atoms with Crippen LogP contribution in [-0.4, -0.2) is 43.6 Å². The van der Waals surface area contributed by atoms with E-state index in [-0.39, 0.29) is 11.3 Å². The van der Waals surface area contributed by atoms with Crippen LogP contribution in [0.25, 0.3) is 0 Å². The van der Waals surface area contributed by atoms with Gasteiger partial charge in [-0.15, -0.1) is 11.8 Å². The monoisotopic (exact) mass is 374 g/mol. The van der Waals surface area contributed by atoms with Gasteiger partial charge in [0.05, 0.1) is 5.37 Å². The molecule has 2 rings (SSSR count). The molecule has 7 heteroatoms. The summed E-state index contributed by atoms with van der Waals surface area (Å²) in [6, 6.07) is 1.03. The minimum Gasteiger partial charge on any atom is -0.480 e. The number of amides is 1. The van der Waals surface area contributed by atoms with E-state index < -0.39 is 12.0 Å². The van der Waals surface area contributed by atoms with E-state index in [1.807, 2.05) is 24.6 Å². The summed E-state index contributed by atoms with van der Waals surface area (Å²) >= 11 is 4.93. The van der Waals surface area contributed by atoms with Gasteiger partial charge in [-0.3, -0.25) is 4.79 Å². The number of halogens is 1. The van der Waals surface area contributed by atoms with Crippen LogP contribution in [0.2, 0.25) is 0 Å². The molecular weight excluding hydrogens is 356 g/mol. The molecule has 5 nitrogen and oxygen atoms in total. The van der Waals surface area contributed by atoms with E-state index in [0.29, 0.717) is 11.4 Å². The largest absolute Gasteiger partial charge is 0.480 e. The van der Waals surface area contributed by atoms with Gasteiger partial charge in [0.1, 0.15) is 11.7 Å². The van der Waals surface area contributed by atoms with Crippen LogP contribution in [0.5, 0.6) is 0 Å². The lowest BCUT2D eigenvalue weighted by Gasteiger charge is -2.27. The first-order valence-electron chi connectivity index (χ1n) is 7.02. The molecule has 0 aliphatic carbocycles. The lowest BCUT2D eigenvalue weighted by atomic mass is 10.2. The van der Waals surface area contributed by atoms with Crippen LogP contribution >= 0.6 is 27.7 Å². The zero-order valence-electron chi connectivity index (χ0n) is 12.1. The highest BCUT2D eigenvalue weighted by atomic mass is 79.9. The first-order valence-corrected chi connectivity index (χ1v) is 8.86. The summed E-state index contributed by atoms with van der Waals surface area (Å²) in [6.07, 6.45) is 3.53. The van der Waals surface area contributed by atoms with Crippen molar-refractivity contribution in [1.82, 2.24) is 9.47 Å². The van der Waals surface area contributed by atoms with Gasteiger partial charge in [-0.1, -0.05) is 13.8 Å². The number of aryl methyl sites for hydroxylation is 1. The Morgan fingerprint density at radius 1 is 1.48 bits per heavy atom. The summed E-state index contributed by atoms with van der Waals surface area (Å²) in [6.45, 7) is 4.76. The normalized spacial score (nSPS) is 21.8. The van der Waals surface area contributed by atoms with Crippen molar-refractivity contribution in [2.24, 2.45) is 0 Å². The number of nitrogens with zero attached hydrogens (tertiary/aromatic N) is 2. The molecule has 116 valence electrons. The van der Waals surface area contributed by atoms with Gasteiger partial charge in [-0.25, -0.2) is 4.79 Å². The van der Waals surface area contributed by atoms with E-state index >= 15 is 0 Å². The molecule has 0 spiro atoms. The molecule has 1 aliphatic rings. The van der Waals surface area contributed by atoms with Crippen LogP contribution < -0.4 is 0 Å². The Kier molecular flexibility index (Phi) is 5.37. The van der Waals surface area contributed by atoms with Crippen LogP contribution in [-0.2, 0) is 11.3 Å². The standard InChI is InChI=1S/C14H19BrN2O3S/c1-3-5-16-7-9(15)6-10(16)13(18)17-11(14(19)20)8-21-12(17)4-2/h6-7,11-12H,3-5,8H2,1-2H3,(H,19,20). The van der Waals surface area contributed by atoms with Gasteiger partial charge in [0.25, 0.3) is 5.91 Å². The van der Waals surface area contributed by atoms with Gasteiger partial charge in [0.15, 0.2) is 0 Å². The van der Waals surface area contributed by atoms with Crippen LogP contribution in [0.15, 0.2) is 16.7 Å². The zero-order valence-corrected chi connectivity index (χ0v) is 14.5. The van der Waals surface area contributed by atoms with Crippen molar-refractivity contribution in [3.05, 3.63) is 22.4 Å². The fourth-order valence-electron chi connectivity index (χ4n) is 2.55. The van der Waals surface area contributed by atoms with E-state index in [0.717, 1.165) is 23.9 Å². The van der Waals surface area contributed by atoms with E-state index in [1.165, 1.54) is 16.7 Å². The number of rotatable bonds is 5. The van der Waals surface area contributed by atoms with Crippen molar-refractivity contribution < 1.29 is 14.7 Å². The van der Waals surface area contributed by atoms with Crippen LogP contribution in [0.3, 0.4) is 0 Å². The molecule has 1 N–H and O–H groups in total. The maximum absolute atomic E-state index is 12.8. The quantitative estimate of drug-likeness (QED) is 0.859. The first kappa shape index (κ1) is 16.4. The van der Waals surface area contributed by atoms with Crippen molar-refractivity contribution in [1.29, 1.82) is 0 Å². The number of aromatic nitrogens is 1. The molecule has 0 aromatic carbocycles. The van der Waals surface area contributed by atoms with E-state index in [4.69, 9.17) is 0 Å². The average Bonchev–Trinajstić information content (AvgIpc) is 3.01. The van der Waals surface area contributed by atoms with Crippen LogP contribution in [0.1, 0.15) is 37.2 Å². The third kappa shape index (κ3) is 3.29. The van der Waals surface area contributed by atoms with E-state index in [2.05, 4.69) is 15.9 Å². The van der Waals surface area contributed by atoms with Gasteiger partial charge in [-0.2, -0.15) is 0 Å². The lowest BCUT2D eigenvalue weighted by Crippen LogP contribution is -2.46. The fourth-order valence-corrected chi connectivity index (χ4v) is 4.36. The highest BCUT2D eigenvalue weighted by molar-refractivity contribution is 9.10. The Hall–Kier alpha value is -0.950. The smallest absolute Gasteiger partial charge is 0.327 e. The van der Waals surface area contributed by atoms with E-state index in [1.54, 1.807) is 6.07 Å². The second kappa shape index (κ2) is 6.87. The third-order valence-corrected chi connectivity index (χ3v) is 5.40. The molecule has 2 heterocycles. The predicted molar refractivity (Wildman–Crippen MR) is 86.6 cm³/mol. The summed E-state index contributed by atoms with van der Waals surface area (Å²) in [5, 5.41) is 9.28. The zero-order chi connectivity index (χ0) is 15.6. The highest BCUT2D eigenvalue weighted by Crippen LogP contribution is 2.33. The molecule has 21 heavy (non-hydrogen) atoms. The Morgan fingerprint density at radius 3 is 2.76 bits per heavy atom. The van der Waals surface area contributed by atoms with Crippen molar-refractivity contribution in [3.63, 3.8) is 0 Å². The van der Waals surface area contributed by atoms with Gasteiger partial charge in [0, 0.05) is 23.0 Å². The number of carbonyl (C=O) groups is 2. The number of carbonyl (C=O) groups excluding carboxylic acids is 1. The van der Waals surface area contributed by atoms with Gasteiger partial charge in [-0.05, 0) is 34.8 Å². The molecule has 1 aromatic heterocycles. The first-order chi connectivity index (χ1) is 9.99. The molecule has 1 saturated heterocycles. The SMILES string of the molecule is CCCn1cc(Br)cc1C(=O)N1C(CC)SCC1C(=O)O. The second-order valence-electron chi connectivity index (χ2n) is 5.00. The van der Waals surface area contributed by atoms with E-state index in [9.17, 15) is 14.7 Å². The Bertz CT molecular complexity index is 546.